The number of halogens is 5. The van der Waals surface area contributed by atoms with E-state index in [1.54, 1.807) is 0 Å². The quantitative estimate of drug-likeness (QED) is 0.283. The topological polar surface area (TPSA) is 158 Å². The number of amides is 2. The van der Waals surface area contributed by atoms with E-state index in [2.05, 4.69) is 25.3 Å². The van der Waals surface area contributed by atoms with E-state index in [4.69, 9.17) is 19.6 Å². The van der Waals surface area contributed by atoms with Gasteiger partial charge in [-0.3, -0.25) is 9.59 Å². The lowest BCUT2D eigenvalue weighted by Gasteiger charge is -2.32. The second-order valence-corrected chi connectivity index (χ2v) is 9.47. The van der Waals surface area contributed by atoms with E-state index in [1.807, 2.05) is 0 Å². The number of nitrogens with two attached hydrogens (primary N) is 1. The van der Waals surface area contributed by atoms with Gasteiger partial charge in [-0.15, -0.1) is 0 Å². The first-order valence-electron chi connectivity index (χ1n) is 11.9. The molecule has 4 aromatic rings. The van der Waals surface area contributed by atoms with Crippen LogP contribution in [-0.2, 0) is 4.74 Å². The van der Waals surface area contributed by atoms with E-state index < -0.39 is 64.6 Å². The zero-order valence-electron chi connectivity index (χ0n) is 21.5. The average molecular weight is 580 g/mol. The largest absolute Gasteiger partial charge is 0.493 e. The Kier molecular flexibility index (Phi) is 6.68. The van der Waals surface area contributed by atoms with Gasteiger partial charge in [0.05, 0.1) is 18.8 Å². The summed E-state index contributed by atoms with van der Waals surface area (Å²) in [5.41, 5.74) is 2.14. The Labute approximate surface area is 227 Å². The molecule has 1 fully saturated rings. The predicted octanol–water partition coefficient (Wildman–Crippen LogP) is 4.40. The van der Waals surface area contributed by atoms with E-state index >= 15 is 0 Å². The number of rotatable bonds is 6. The number of fused-ring (bicyclic) bond motifs is 1. The number of aromatic amines is 1. The maximum atomic E-state index is 14.7. The fourth-order valence-corrected chi connectivity index (χ4v) is 4.96. The Morgan fingerprint density at radius 1 is 1.22 bits per heavy atom. The lowest BCUT2D eigenvalue weighted by atomic mass is 9.77. The van der Waals surface area contributed by atoms with Crippen LogP contribution in [0.3, 0.4) is 0 Å². The van der Waals surface area contributed by atoms with Gasteiger partial charge in [0, 0.05) is 23.5 Å². The molecule has 41 heavy (non-hydrogen) atoms. The lowest BCUT2D eigenvalue weighted by Crippen LogP contribution is -2.46. The zero-order chi connectivity index (χ0) is 29.9. The number of carbonyl (C=O) groups excluding carboxylic acids is 2. The number of pyridine rings is 1. The first-order valence-corrected chi connectivity index (χ1v) is 11.9. The van der Waals surface area contributed by atoms with Crippen LogP contribution in [-0.4, -0.2) is 50.6 Å². The Morgan fingerprint density at radius 2 is 1.95 bits per heavy atom. The van der Waals surface area contributed by atoms with Crippen molar-refractivity contribution >= 4 is 28.7 Å². The number of imidazole rings is 1. The number of primary amides is 1. The van der Waals surface area contributed by atoms with E-state index in [1.165, 1.54) is 19.2 Å². The van der Waals surface area contributed by atoms with Crippen molar-refractivity contribution in [3.63, 3.8) is 0 Å². The number of nitrogens with one attached hydrogen (secondary N) is 2. The molecule has 0 spiro atoms. The molecule has 4 N–H and O–H groups in total. The first kappa shape index (κ1) is 27.9. The molecular weight excluding hydrogens is 559 g/mol. The molecule has 5 rings (SSSR count). The number of anilines is 1. The van der Waals surface area contributed by atoms with Crippen LogP contribution in [0.1, 0.15) is 58.4 Å². The minimum atomic E-state index is -4.88. The molecule has 216 valence electrons. The summed E-state index contributed by atoms with van der Waals surface area (Å²) in [7, 11) is 1.06. The highest BCUT2D eigenvalue weighted by Gasteiger charge is 2.65. The molecule has 2 amide bonds. The molecule has 0 aliphatic carbocycles. The number of aromatic nitrogens is 4. The SMILES string of the molecule is COc1c([C@H]2[C@H](c3nc4c(C(N)=O)nc(NC(=O)c5ncco5)cc4[nH]3)O[C@@](C)(C(F)(F)F)[C@H]2C)ccc(F)c1F. The number of hydrogen-bond donors (Lipinski definition) is 3. The van der Waals surface area contributed by atoms with Crippen molar-refractivity contribution in [1.29, 1.82) is 0 Å². The van der Waals surface area contributed by atoms with Crippen LogP contribution in [0.2, 0.25) is 0 Å². The average Bonchev–Trinajstić information content (AvgIpc) is 3.64. The Hall–Kier alpha value is -4.60. The summed E-state index contributed by atoms with van der Waals surface area (Å²) >= 11 is 0. The summed E-state index contributed by atoms with van der Waals surface area (Å²) in [5, 5.41) is 2.38. The van der Waals surface area contributed by atoms with E-state index in [9.17, 15) is 31.5 Å². The monoisotopic (exact) mass is 580 g/mol. The van der Waals surface area contributed by atoms with E-state index in [0.717, 1.165) is 32.4 Å². The number of hydrogen-bond acceptors (Lipinski definition) is 8. The van der Waals surface area contributed by atoms with Crippen LogP contribution in [0.15, 0.2) is 35.1 Å². The van der Waals surface area contributed by atoms with Gasteiger partial charge in [-0.25, -0.2) is 19.3 Å². The number of benzene rings is 1. The fourth-order valence-electron chi connectivity index (χ4n) is 4.96. The highest BCUT2D eigenvalue weighted by molar-refractivity contribution is 6.05. The summed E-state index contributed by atoms with van der Waals surface area (Å²) in [6, 6.07) is 3.15. The van der Waals surface area contributed by atoms with Crippen LogP contribution < -0.4 is 15.8 Å². The summed E-state index contributed by atoms with van der Waals surface area (Å²) in [5.74, 6) is -8.39. The van der Waals surface area contributed by atoms with Crippen molar-refractivity contribution in [3.05, 3.63) is 65.3 Å². The van der Waals surface area contributed by atoms with Gasteiger partial charge in [-0.1, -0.05) is 13.0 Å². The Balaban J connectivity index is 1.65. The van der Waals surface area contributed by atoms with Crippen molar-refractivity contribution in [1.82, 2.24) is 19.9 Å². The number of ether oxygens (including phenoxy) is 2. The van der Waals surface area contributed by atoms with Crippen LogP contribution in [0.5, 0.6) is 5.75 Å². The van der Waals surface area contributed by atoms with E-state index in [0.29, 0.717) is 0 Å². The number of H-pyrrole nitrogens is 1. The third-order valence-corrected chi connectivity index (χ3v) is 7.17. The highest BCUT2D eigenvalue weighted by Crippen LogP contribution is 2.59. The Bertz CT molecular complexity index is 1660. The zero-order valence-corrected chi connectivity index (χ0v) is 21.5. The number of methoxy groups -OCH3 is 1. The Morgan fingerprint density at radius 3 is 2.56 bits per heavy atom. The van der Waals surface area contributed by atoms with Gasteiger partial charge in [0.2, 0.25) is 5.82 Å². The second-order valence-electron chi connectivity index (χ2n) is 9.47. The van der Waals surface area contributed by atoms with Crippen molar-refractivity contribution < 1.29 is 45.4 Å². The second kappa shape index (κ2) is 9.79. The molecule has 3 aromatic heterocycles. The van der Waals surface area contributed by atoms with Gasteiger partial charge < -0.3 is 29.9 Å². The smallest absolute Gasteiger partial charge is 0.417 e. The van der Waals surface area contributed by atoms with Crippen molar-refractivity contribution in [2.24, 2.45) is 11.7 Å². The van der Waals surface area contributed by atoms with Gasteiger partial charge in [-0.05, 0) is 13.0 Å². The summed E-state index contributed by atoms with van der Waals surface area (Å²) in [6.45, 7) is 2.10. The molecule has 1 aliphatic heterocycles. The van der Waals surface area contributed by atoms with Crippen molar-refractivity contribution in [2.45, 2.75) is 37.6 Å². The van der Waals surface area contributed by atoms with Gasteiger partial charge in [-0.2, -0.15) is 17.6 Å². The molecular formula is C25H21F5N6O5. The maximum absolute atomic E-state index is 14.7. The number of alkyl halides is 3. The van der Waals surface area contributed by atoms with Gasteiger partial charge >= 0.3 is 12.1 Å². The fraction of sp³-hybridized carbons (Fsp3) is 0.320. The lowest BCUT2D eigenvalue weighted by molar-refractivity contribution is -0.275. The highest BCUT2D eigenvalue weighted by atomic mass is 19.4. The summed E-state index contributed by atoms with van der Waals surface area (Å²) < 4.78 is 87.2. The first-order chi connectivity index (χ1) is 19.3. The van der Waals surface area contributed by atoms with Gasteiger partial charge in [0.25, 0.3) is 11.8 Å². The van der Waals surface area contributed by atoms with Crippen molar-refractivity contribution in [2.75, 3.05) is 12.4 Å². The van der Waals surface area contributed by atoms with Crippen LogP contribution >= 0.6 is 0 Å². The van der Waals surface area contributed by atoms with Crippen LogP contribution in [0.4, 0.5) is 27.8 Å². The normalized spacial score (nSPS) is 22.7. The van der Waals surface area contributed by atoms with Crippen LogP contribution in [0.25, 0.3) is 11.0 Å². The molecule has 4 atom stereocenters. The third kappa shape index (κ3) is 4.53. The number of carbonyl (C=O) groups is 2. The molecule has 1 aromatic carbocycles. The molecule has 1 saturated heterocycles. The molecule has 0 radical (unpaired) electrons. The molecule has 0 saturated carbocycles. The molecule has 4 heterocycles. The summed E-state index contributed by atoms with van der Waals surface area (Å²) in [4.78, 5) is 39.4. The summed E-state index contributed by atoms with van der Waals surface area (Å²) in [6.07, 6.45) is -4.00. The number of oxazole rings is 1. The standard InChI is InChI=1S/C25H21F5N6O5/c1-9-14(10-4-5-11(26)15(27)18(10)39-3)19(41-24(9,2)25(28,29)30)21-33-12-8-13(34-17(20(31)37)16(12)36-21)35-22(38)23-32-6-7-40-23/h4-9,14,19H,1-3H3,(H2,31,37)(H,33,36)(H,34,35,38)/t9-,14-,19+,24+/m0/s1. The predicted molar refractivity (Wildman–Crippen MR) is 130 cm³/mol. The third-order valence-electron chi connectivity index (χ3n) is 7.17. The molecule has 0 bridgehead atoms. The van der Waals surface area contributed by atoms with Crippen molar-refractivity contribution in [3.8, 4) is 5.75 Å². The molecule has 1 aliphatic rings. The van der Waals surface area contributed by atoms with E-state index in [-0.39, 0.29) is 34.1 Å². The maximum Gasteiger partial charge on any atom is 0.417 e. The van der Waals surface area contributed by atoms with Gasteiger partial charge in [0.1, 0.15) is 29.5 Å². The minimum Gasteiger partial charge on any atom is -0.493 e. The van der Waals surface area contributed by atoms with Crippen LogP contribution in [0, 0.1) is 17.6 Å². The molecule has 11 nitrogen and oxygen atoms in total. The molecule has 16 heteroatoms. The molecule has 0 unspecified atom stereocenters. The van der Waals surface area contributed by atoms with Gasteiger partial charge in [0.15, 0.2) is 22.9 Å². The minimum absolute atomic E-state index is 0.0550. The number of nitrogens with zero attached hydrogens (tertiary/aromatic N) is 3.